The fourth-order valence-electron chi connectivity index (χ4n) is 10.7. The second kappa shape index (κ2) is 12.0. The fourth-order valence-corrected chi connectivity index (χ4v) is 10.7. The molecular formula is C47H48O6. The van der Waals surface area contributed by atoms with Crippen molar-refractivity contribution < 1.29 is 28.4 Å². The third-order valence-electron chi connectivity index (χ3n) is 12.0. The van der Waals surface area contributed by atoms with E-state index in [0.717, 1.165) is 63.3 Å². The summed E-state index contributed by atoms with van der Waals surface area (Å²) in [5.74, 6) is 3.80. The highest BCUT2D eigenvalue weighted by molar-refractivity contribution is 6.09. The number of hydrogen-bond acceptors (Lipinski definition) is 6. The van der Waals surface area contributed by atoms with Gasteiger partial charge >= 0.3 is 0 Å². The molecule has 1 atom stereocenters. The van der Waals surface area contributed by atoms with Gasteiger partial charge in [-0.05, 0) is 100 Å². The first-order valence-electron chi connectivity index (χ1n) is 18.8. The normalized spacial score (nSPS) is 20.8. The highest BCUT2D eigenvalue weighted by Crippen LogP contribution is 2.67. The van der Waals surface area contributed by atoms with Gasteiger partial charge in [-0.25, -0.2) is 0 Å². The molecule has 0 aromatic heterocycles. The lowest BCUT2D eigenvalue weighted by Gasteiger charge is -2.52. The molecule has 0 amide bonds. The number of ether oxygens (including phenoxy) is 6. The van der Waals surface area contributed by atoms with Gasteiger partial charge in [0.1, 0.15) is 17.2 Å². The molecule has 5 aromatic carbocycles. The molecule has 0 radical (unpaired) electrons. The van der Waals surface area contributed by atoms with E-state index >= 15 is 0 Å². The van der Waals surface area contributed by atoms with Crippen LogP contribution in [0.15, 0.2) is 91.0 Å². The first kappa shape index (κ1) is 33.9. The van der Waals surface area contributed by atoms with Gasteiger partial charge in [0.2, 0.25) is 6.29 Å². The van der Waals surface area contributed by atoms with Crippen molar-refractivity contribution in [2.75, 3.05) is 27.9 Å². The molecule has 5 aromatic rings. The van der Waals surface area contributed by atoms with Gasteiger partial charge < -0.3 is 28.4 Å². The minimum absolute atomic E-state index is 0.118. The van der Waals surface area contributed by atoms with Gasteiger partial charge in [0.25, 0.3) is 0 Å². The Bertz CT molecular complexity index is 2200. The molecule has 6 nitrogen and oxygen atoms in total. The highest BCUT2D eigenvalue weighted by atomic mass is 16.7. The lowest BCUT2D eigenvalue weighted by molar-refractivity contribution is -0.0564. The summed E-state index contributed by atoms with van der Waals surface area (Å²) in [6.07, 6.45) is 8.07. The van der Waals surface area contributed by atoms with Crippen molar-refractivity contribution in [3.63, 3.8) is 0 Å². The molecule has 2 heterocycles. The largest absolute Gasteiger partial charge is 0.497 e. The van der Waals surface area contributed by atoms with Gasteiger partial charge in [-0.2, -0.15) is 0 Å². The Morgan fingerprint density at radius 1 is 0.698 bits per heavy atom. The van der Waals surface area contributed by atoms with Crippen LogP contribution in [0.3, 0.4) is 0 Å². The van der Waals surface area contributed by atoms with Crippen LogP contribution < -0.4 is 23.7 Å². The standard InChI is InChI=1S/C47H48O6/c1-44(2)26-45(3,4)28-46(27-44)37-11-9-8-10-33(37)41-35-24-38-39(52-40(50-7)21-23-51-38)25-36(35)43-34(42(41)46)20-22-47(53-43,29-12-16-31(48-5)17-13-29)30-14-18-32(49-6)19-15-30/h8-20,22,24-25,40H,21,23,26-28H2,1-7H3. The molecule has 9 rings (SSSR count). The van der Waals surface area contributed by atoms with E-state index in [1.807, 2.05) is 24.3 Å². The van der Waals surface area contributed by atoms with E-state index in [9.17, 15) is 0 Å². The van der Waals surface area contributed by atoms with Crippen LogP contribution in [0.25, 0.3) is 28.0 Å². The lowest BCUT2D eigenvalue weighted by atomic mass is 9.52. The molecule has 1 spiro atoms. The van der Waals surface area contributed by atoms with Crippen LogP contribution in [0.2, 0.25) is 0 Å². The number of benzene rings is 5. The Balaban J connectivity index is 1.38. The molecule has 2 aliphatic carbocycles. The third kappa shape index (κ3) is 5.24. The van der Waals surface area contributed by atoms with Gasteiger partial charge in [-0.3, -0.25) is 0 Å². The monoisotopic (exact) mass is 708 g/mol. The first-order chi connectivity index (χ1) is 25.5. The fraction of sp³-hybridized carbons (Fsp3) is 0.362. The summed E-state index contributed by atoms with van der Waals surface area (Å²) in [7, 11) is 5.07. The van der Waals surface area contributed by atoms with Crippen LogP contribution >= 0.6 is 0 Å². The molecular weight excluding hydrogens is 661 g/mol. The molecule has 0 bridgehead atoms. The van der Waals surface area contributed by atoms with E-state index in [1.54, 1.807) is 21.3 Å². The minimum atomic E-state index is -0.949. The van der Waals surface area contributed by atoms with E-state index < -0.39 is 11.9 Å². The molecule has 1 unspecified atom stereocenters. The third-order valence-corrected chi connectivity index (χ3v) is 12.0. The number of methoxy groups -OCH3 is 3. The Hall–Kier alpha value is -4.94. The zero-order chi connectivity index (χ0) is 36.8. The van der Waals surface area contributed by atoms with Crippen molar-refractivity contribution in [3.05, 3.63) is 119 Å². The molecule has 1 fully saturated rings. The van der Waals surface area contributed by atoms with Crippen LogP contribution in [-0.2, 0) is 15.8 Å². The zero-order valence-electron chi connectivity index (χ0n) is 31.8. The van der Waals surface area contributed by atoms with Crippen molar-refractivity contribution in [2.24, 2.45) is 10.8 Å². The first-order valence-corrected chi connectivity index (χ1v) is 18.8. The summed E-state index contributed by atoms with van der Waals surface area (Å²) >= 11 is 0. The Morgan fingerprint density at radius 2 is 1.32 bits per heavy atom. The van der Waals surface area contributed by atoms with Gasteiger partial charge in [0, 0.05) is 41.0 Å². The van der Waals surface area contributed by atoms with Crippen molar-refractivity contribution >= 4 is 16.8 Å². The summed E-state index contributed by atoms with van der Waals surface area (Å²) in [5.41, 5.74) is 7.53. The SMILES string of the molecule is COc1ccc(C2(c3ccc(OC)cc3)C=Cc3c4c(c5cc6c(cc5c3O2)OC(OC)CCO6)-c2ccccc2C42CC(C)(C)CC(C)(C)C2)cc1. The molecule has 53 heavy (non-hydrogen) atoms. The molecule has 4 aliphatic rings. The van der Waals surface area contributed by atoms with Crippen molar-refractivity contribution in [1.29, 1.82) is 0 Å². The second-order valence-corrected chi connectivity index (χ2v) is 16.9. The van der Waals surface area contributed by atoms with Crippen LogP contribution in [-0.4, -0.2) is 34.2 Å². The maximum Gasteiger partial charge on any atom is 0.203 e. The van der Waals surface area contributed by atoms with Gasteiger partial charge in [0.05, 0.1) is 20.8 Å². The maximum absolute atomic E-state index is 7.69. The summed E-state index contributed by atoms with van der Waals surface area (Å²) in [6, 6.07) is 29.8. The van der Waals surface area contributed by atoms with E-state index in [4.69, 9.17) is 28.4 Å². The van der Waals surface area contributed by atoms with Crippen molar-refractivity contribution in [1.82, 2.24) is 0 Å². The average Bonchev–Trinajstić information content (AvgIpc) is 3.26. The van der Waals surface area contributed by atoms with E-state index in [1.165, 1.54) is 28.7 Å². The predicted molar refractivity (Wildman–Crippen MR) is 210 cm³/mol. The molecule has 272 valence electrons. The van der Waals surface area contributed by atoms with E-state index in [0.29, 0.717) is 18.8 Å². The van der Waals surface area contributed by atoms with E-state index in [2.05, 4.69) is 101 Å². The van der Waals surface area contributed by atoms with Crippen LogP contribution in [0.4, 0.5) is 0 Å². The van der Waals surface area contributed by atoms with Crippen LogP contribution in [0.5, 0.6) is 28.7 Å². The Labute approximate surface area is 312 Å². The highest BCUT2D eigenvalue weighted by Gasteiger charge is 2.55. The molecule has 1 saturated carbocycles. The van der Waals surface area contributed by atoms with Gasteiger partial charge in [0.15, 0.2) is 17.1 Å². The summed E-state index contributed by atoms with van der Waals surface area (Å²) < 4.78 is 37.5. The smallest absolute Gasteiger partial charge is 0.203 e. The summed E-state index contributed by atoms with van der Waals surface area (Å²) in [6.45, 7) is 10.3. The van der Waals surface area contributed by atoms with E-state index in [-0.39, 0.29) is 16.2 Å². The molecule has 2 aliphatic heterocycles. The molecule has 0 N–H and O–H groups in total. The average molecular weight is 709 g/mol. The summed E-state index contributed by atoms with van der Waals surface area (Å²) in [5, 5.41) is 2.09. The maximum atomic E-state index is 7.69. The van der Waals surface area contributed by atoms with Crippen LogP contribution in [0, 0.1) is 10.8 Å². The van der Waals surface area contributed by atoms with Crippen molar-refractivity contribution in [3.8, 4) is 39.9 Å². The molecule has 0 saturated heterocycles. The lowest BCUT2D eigenvalue weighted by Crippen LogP contribution is -2.44. The Morgan fingerprint density at radius 3 is 1.94 bits per heavy atom. The zero-order valence-corrected chi connectivity index (χ0v) is 31.8. The second-order valence-electron chi connectivity index (χ2n) is 16.9. The quantitative estimate of drug-likeness (QED) is 0.181. The number of hydrogen-bond donors (Lipinski definition) is 0. The topological polar surface area (TPSA) is 55.4 Å². The minimum Gasteiger partial charge on any atom is -0.497 e. The number of rotatable bonds is 5. The van der Waals surface area contributed by atoms with Crippen molar-refractivity contribution in [2.45, 2.75) is 70.7 Å². The summed E-state index contributed by atoms with van der Waals surface area (Å²) in [4.78, 5) is 0. The molecule has 6 heteroatoms. The predicted octanol–water partition coefficient (Wildman–Crippen LogP) is 10.8. The number of fused-ring (bicyclic) bond motifs is 11. The van der Waals surface area contributed by atoms with Gasteiger partial charge in [-0.1, -0.05) is 82.3 Å². The van der Waals surface area contributed by atoms with Gasteiger partial charge in [-0.15, -0.1) is 0 Å². The Kier molecular flexibility index (Phi) is 7.69. The van der Waals surface area contributed by atoms with Crippen LogP contribution in [0.1, 0.15) is 81.2 Å².